The molecule has 0 fully saturated rings. The van der Waals surface area contributed by atoms with Gasteiger partial charge in [-0.25, -0.2) is 0 Å². The molecule has 0 saturated heterocycles. The van der Waals surface area contributed by atoms with Crippen molar-refractivity contribution in [2.24, 2.45) is 9.98 Å². The Morgan fingerprint density at radius 2 is 0.738 bits per heavy atom. The number of alkyl halides is 12. The van der Waals surface area contributed by atoms with Crippen LogP contribution in [0.4, 0.5) is 64.1 Å². The molecule has 0 heterocycles. The zero-order valence-electron chi connectivity index (χ0n) is 21.5. The van der Waals surface area contributed by atoms with Crippen LogP contribution in [0.5, 0.6) is 0 Å². The highest BCUT2D eigenvalue weighted by Crippen LogP contribution is 2.39. The Hall–Kier alpha value is -4.10. The smallest absolute Gasteiger partial charge is 0.257 e. The van der Waals surface area contributed by atoms with Crippen LogP contribution in [0.2, 0.25) is 0 Å². The van der Waals surface area contributed by atoms with Gasteiger partial charge in [0.15, 0.2) is 0 Å². The van der Waals surface area contributed by atoms with Gasteiger partial charge >= 0.3 is 24.7 Å². The molecule has 0 aliphatic rings. The number of hydrogen-bond acceptors (Lipinski definition) is 2. The molecule has 0 unspecified atom stereocenters. The summed E-state index contributed by atoms with van der Waals surface area (Å²) in [5.74, 6) is 0. The molecular formula is C28H20F12N2. The molecule has 0 amide bonds. The van der Waals surface area contributed by atoms with E-state index in [4.69, 9.17) is 0 Å². The third-order valence-electron chi connectivity index (χ3n) is 5.13. The van der Waals surface area contributed by atoms with Crippen molar-refractivity contribution in [2.45, 2.75) is 38.6 Å². The minimum atomic E-state index is -5.07. The van der Waals surface area contributed by atoms with Crippen LogP contribution in [0, 0.1) is 0 Å². The fourth-order valence-corrected chi connectivity index (χ4v) is 3.29. The van der Waals surface area contributed by atoms with Crippen molar-refractivity contribution in [3.63, 3.8) is 0 Å². The van der Waals surface area contributed by atoms with Crippen molar-refractivity contribution in [3.8, 4) is 0 Å². The van der Waals surface area contributed by atoms with Crippen LogP contribution in [0.15, 0.2) is 94.0 Å². The monoisotopic (exact) mass is 612 g/mol. The van der Waals surface area contributed by atoms with Crippen molar-refractivity contribution >= 4 is 23.8 Å². The first-order valence-corrected chi connectivity index (χ1v) is 11.6. The molecule has 2 rings (SSSR count). The Morgan fingerprint density at radius 3 is 0.952 bits per heavy atom. The number of halogens is 12. The minimum Gasteiger partial charge on any atom is -0.257 e. The largest absolute Gasteiger partial charge is 0.416 e. The van der Waals surface area contributed by atoms with Crippen molar-refractivity contribution < 1.29 is 52.7 Å². The van der Waals surface area contributed by atoms with Gasteiger partial charge in [0.1, 0.15) is 0 Å². The van der Waals surface area contributed by atoms with Gasteiger partial charge in [-0.05, 0) is 73.5 Å². The second kappa shape index (κ2) is 13.3. The number of nitrogens with zero attached hydrogens (tertiary/aromatic N) is 2. The Labute approximate surface area is 231 Å². The predicted molar refractivity (Wildman–Crippen MR) is 135 cm³/mol. The number of rotatable bonds is 7. The van der Waals surface area contributed by atoms with E-state index in [1.165, 1.54) is 36.5 Å². The van der Waals surface area contributed by atoms with Crippen molar-refractivity contribution in [3.05, 3.63) is 106 Å². The van der Waals surface area contributed by atoms with Crippen LogP contribution in [-0.4, -0.2) is 12.4 Å². The van der Waals surface area contributed by atoms with E-state index in [1.807, 2.05) is 0 Å². The first-order valence-electron chi connectivity index (χ1n) is 11.6. The molecule has 226 valence electrons. The molecule has 0 saturated carbocycles. The lowest BCUT2D eigenvalue weighted by Gasteiger charge is -2.12. The molecule has 0 atom stereocenters. The second-order valence-electron chi connectivity index (χ2n) is 8.33. The lowest BCUT2D eigenvalue weighted by atomic mass is 10.0. The average Bonchev–Trinajstić information content (AvgIpc) is 2.85. The zero-order valence-corrected chi connectivity index (χ0v) is 21.5. The summed E-state index contributed by atoms with van der Waals surface area (Å²) in [5, 5.41) is 0. The lowest BCUT2D eigenvalue weighted by molar-refractivity contribution is -0.144. The van der Waals surface area contributed by atoms with Crippen LogP contribution in [0.3, 0.4) is 0 Å². The summed E-state index contributed by atoms with van der Waals surface area (Å²) in [6.07, 6.45) is -10.0. The molecule has 2 aromatic rings. The number of hydrogen-bond donors (Lipinski definition) is 0. The Kier molecular flexibility index (Phi) is 10.8. The van der Waals surface area contributed by atoms with Gasteiger partial charge in [-0.15, -0.1) is 0 Å². The second-order valence-corrected chi connectivity index (χ2v) is 8.33. The molecule has 14 heteroatoms. The summed E-state index contributed by atoms with van der Waals surface area (Å²) in [6, 6.07) is 1.61. The van der Waals surface area contributed by atoms with Gasteiger partial charge in [0.25, 0.3) is 0 Å². The molecule has 0 N–H and O–H groups in total. The van der Waals surface area contributed by atoms with E-state index < -0.39 is 58.3 Å². The van der Waals surface area contributed by atoms with Crippen LogP contribution in [0.25, 0.3) is 0 Å². The predicted octanol–water partition coefficient (Wildman–Crippen LogP) is 10.9. The zero-order chi connectivity index (χ0) is 31.9. The molecule has 2 nitrogen and oxygen atoms in total. The normalized spacial score (nSPS) is 14.8. The fraction of sp³-hybridized carbons (Fsp3) is 0.214. The van der Waals surface area contributed by atoms with Gasteiger partial charge < -0.3 is 0 Å². The Bertz CT molecular complexity index is 1250. The summed E-state index contributed by atoms with van der Waals surface area (Å²) in [5.41, 5.74) is -6.98. The molecule has 2 aromatic carbocycles. The maximum atomic E-state index is 13.1. The number of allylic oxidation sites excluding steroid dienone is 8. The minimum absolute atomic E-state index is 0.0472. The van der Waals surface area contributed by atoms with E-state index in [0.29, 0.717) is 24.3 Å². The van der Waals surface area contributed by atoms with E-state index in [2.05, 4.69) is 9.98 Å². The van der Waals surface area contributed by atoms with E-state index in [1.54, 1.807) is 13.8 Å². The molecule has 0 aliphatic carbocycles. The maximum absolute atomic E-state index is 13.1. The topological polar surface area (TPSA) is 24.7 Å². The fourth-order valence-electron chi connectivity index (χ4n) is 3.29. The summed E-state index contributed by atoms with van der Waals surface area (Å²) in [7, 11) is 0. The van der Waals surface area contributed by atoms with Crippen LogP contribution in [-0.2, 0) is 24.7 Å². The van der Waals surface area contributed by atoms with Gasteiger partial charge in [-0.2, -0.15) is 52.7 Å². The highest BCUT2D eigenvalue weighted by atomic mass is 19.4. The molecule has 0 spiro atoms. The third kappa shape index (κ3) is 10.1. The highest BCUT2D eigenvalue weighted by Gasteiger charge is 2.38. The molecule has 0 radical (unpaired) electrons. The first-order chi connectivity index (χ1) is 19.3. The molecule has 0 aliphatic heterocycles. The third-order valence-corrected chi connectivity index (χ3v) is 5.13. The van der Waals surface area contributed by atoms with Crippen LogP contribution < -0.4 is 0 Å². The average molecular weight is 612 g/mol. The molecule has 0 bridgehead atoms. The molecule has 42 heavy (non-hydrogen) atoms. The van der Waals surface area contributed by atoms with Gasteiger partial charge in [0.2, 0.25) is 0 Å². The van der Waals surface area contributed by atoms with E-state index in [0.717, 1.165) is 12.4 Å². The van der Waals surface area contributed by atoms with Gasteiger partial charge in [-0.1, -0.05) is 24.3 Å². The van der Waals surface area contributed by atoms with Gasteiger partial charge in [0, 0.05) is 12.4 Å². The number of benzene rings is 2. The van der Waals surface area contributed by atoms with Gasteiger partial charge in [0.05, 0.1) is 33.6 Å². The van der Waals surface area contributed by atoms with E-state index >= 15 is 0 Å². The summed E-state index contributed by atoms with van der Waals surface area (Å²) >= 11 is 0. The Morgan fingerprint density at radius 1 is 0.476 bits per heavy atom. The van der Waals surface area contributed by atoms with Crippen molar-refractivity contribution in [1.82, 2.24) is 0 Å². The summed E-state index contributed by atoms with van der Waals surface area (Å²) in [6.45, 7) is 3.16. The van der Waals surface area contributed by atoms with Crippen molar-refractivity contribution in [1.29, 1.82) is 0 Å². The number of aliphatic imine (C=N–C) groups is 2. The molecular weight excluding hydrogens is 592 g/mol. The standard InChI is InChI=1S/C28H20F12N2/c1-3-5-17(7-9-41-23-13-19(25(29,30)31)11-20(14-23)26(32,33)34)18(6-4-2)8-10-42-24-15-21(27(35,36)37)12-22(16-24)28(38,39)40/h3-16H,1-2H3/b5-3-,6-4-,17-7-,18-8+,41-9+,42-10+. The van der Waals surface area contributed by atoms with Crippen LogP contribution >= 0.6 is 0 Å². The van der Waals surface area contributed by atoms with Gasteiger partial charge in [-0.3, -0.25) is 9.98 Å². The SMILES string of the molecule is C\C=C/C(=C/C=N/c1cc(C(F)(F)F)cc(C(F)(F)F)c1)C(/C=C\C)=C/C=N/c1cc(C(F)(F)F)cc(C(F)(F)F)c1. The maximum Gasteiger partial charge on any atom is 0.416 e. The highest BCUT2D eigenvalue weighted by molar-refractivity contribution is 5.82. The Balaban J connectivity index is 2.53. The summed E-state index contributed by atoms with van der Waals surface area (Å²) in [4.78, 5) is 7.36. The van der Waals surface area contributed by atoms with E-state index in [9.17, 15) is 52.7 Å². The van der Waals surface area contributed by atoms with Crippen molar-refractivity contribution in [2.75, 3.05) is 0 Å². The van der Waals surface area contributed by atoms with Crippen LogP contribution in [0.1, 0.15) is 36.1 Å². The quantitative estimate of drug-likeness (QED) is 0.169. The first kappa shape index (κ1) is 34.1. The summed E-state index contributed by atoms with van der Waals surface area (Å²) < 4.78 is 157. The lowest BCUT2D eigenvalue weighted by Crippen LogP contribution is -2.10. The van der Waals surface area contributed by atoms with E-state index in [-0.39, 0.29) is 23.3 Å². The molecule has 0 aromatic heterocycles.